The van der Waals surface area contributed by atoms with Crippen LogP contribution < -0.4 is 0 Å². The molecule has 2 aromatic carbocycles. The molecule has 2 aromatic rings. The van der Waals surface area contributed by atoms with Crippen LogP contribution in [0.15, 0.2) is 54.6 Å². The van der Waals surface area contributed by atoms with Crippen molar-refractivity contribution in [1.82, 2.24) is 0 Å². The van der Waals surface area contributed by atoms with Crippen LogP contribution in [-0.2, 0) is 10.3 Å². The predicted molar refractivity (Wildman–Crippen MR) is 70.9 cm³/mol. The van der Waals surface area contributed by atoms with Crippen LogP contribution >= 0.6 is 0 Å². The van der Waals surface area contributed by atoms with E-state index in [0.29, 0.717) is 16.7 Å². The van der Waals surface area contributed by atoms with Crippen LogP contribution in [0.2, 0.25) is 0 Å². The predicted octanol–water partition coefficient (Wildman–Crippen LogP) is 2.38. The summed E-state index contributed by atoms with van der Waals surface area (Å²) < 4.78 is 5.44. The number of nitro groups is 1. The average Bonchev–Trinajstić information content (AvgIpc) is 2.74. The summed E-state index contributed by atoms with van der Waals surface area (Å²) in [6.07, 6.45) is 0. The fraction of sp³-hybridized carbons (Fsp3) is 0.133. The van der Waals surface area contributed by atoms with Crippen molar-refractivity contribution in [3.8, 4) is 0 Å². The molecule has 0 fully saturated rings. The number of cyclic esters (lactones) is 1. The Bertz CT molecular complexity index is 679. The Kier molecular flexibility index (Phi) is 2.75. The van der Waals surface area contributed by atoms with Gasteiger partial charge in [0, 0.05) is 16.1 Å². The third-order valence-corrected chi connectivity index (χ3v) is 3.44. The fourth-order valence-corrected chi connectivity index (χ4v) is 2.59. The Morgan fingerprint density at radius 1 is 1.05 bits per heavy atom. The van der Waals surface area contributed by atoms with Crippen molar-refractivity contribution in [2.24, 2.45) is 0 Å². The lowest BCUT2D eigenvalue weighted by molar-refractivity contribution is -0.498. The van der Waals surface area contributed by atoms with Gasteiger partial charge >= 0.3 is 5.97 Å². The van der Waals surface area contributed by atoms with Crippen molar-refractivity contribution in [2.75, 3.05) is 6.54 Å². The van der Waals surface area contributed by atoms with E-state index < -0.39 is 23.0 Å². The summed E-state index contributed by atoms with van der Waals surface area (Å²) >= 11 is 0. The second kappa shape index (κ2) is 4.45. The average molecular weight is 269 g/mol. The van der Waals surface area contributed by atoms with Crippen LogP contribution in [0.3, 0.4) is 0 Å². The molecular formula is C15H11NO4. The molecule has 0 saturated carbocycles. The molecular weight excluding hydrogens is 258 g/mol. The molecule has 100 valence electrons. The van der Waals surface area contributed by atoms with Gasteiger partial charge in [0.05, 0.1) is 5.56 Å². The van der Waals surface area contributed by atoms with Gasteiger partial charge in [0.1, 0.15) is 0 Å². The topological polar surface area (TPSA) is 69.4 Å². The van der Waals surface area contributed by atoms with Gasteiger partial charge in [-0.15, -0.1) is 0 Å². The minimum absolute atomic E-state index is 0.387. The van der Waals surface area contributed by atoms with Crippen molar-refractivity contribution in [3.05, 3.63) is 81.4 Å². The van der Waals surface area contributed by atoms with Crippen molar-refractivity contribution in [3.63, 3.8) is 0 Å². The number of ether oxygens (including phenoxy) is 1. The first-order valence-corrected chi connectivity index (χ1v) is 6.14. The van der Waals surface area contributed by atoms with Crippen molar-refractivity contribution in [2.45, 2.75) is 5.60 Å². The quantitative estimate of drug-likeness (QED) is 0.487. The smallest absolute Gasteiger partial charge is 0.340 e. The maximum absolute atomic E-state index is 12.0. The van der Waals surface area contributed by atoms with Gasteiger partial charge in [0.15, 0.2) is 0 Å². The molecule has 0 saturated heterocycles. The van der Waals surface area contributed by atoms with Crippen molar-refractivity contribution in [1.29, 1.82) is 0 Å². The van der Waals surface area contributed by atoms with E-state index in [0.717, 1.165) is 0 Å². The number of hydrogen-bond acceptors (Lipinski definition) is 4. The van der Waals surface area contributed by atoms with Gasteiger partial charge in [-0.3, -0.25) is 10.1 Å². The molecule has 1 aliphatic heterocycles. The highest BCUT2D eigenvalue weighted by atomic mass is 16.6. The van der Waals surface area contributed by atoms with E-state index >= 15 is 0 Å². The molecule has 1 aliphatic rings. The first kappa shape index (κ1) is 12.3. The summed E-state index contributed by atoms with van der Waals surface area (Å²) in [5, 5.41) is 11.1. The Morgan fingerprint density at radius 3 is 2.40 bits per heavy atom. The van der Waals surface area contributed by atoms with E-state index in [2.05, 4.69) is 0 Å². The molecule has 0 N–H and O–H groups in total. The van der Waals surface area contributed by atoms with Gasteiger partial charge in [0.2, 0.25) is 5.60 Å². The van der Waals surface area contributed by atoms with Crippen molar-refractivity contribution < 1.29 is 14.5 Å². The molecule has 0 bridgehead atoms. The molecule has 0 amide bonds. The van der Waals surface area contributed by atoms with Crippen molar-refractivity contribution >= 4 is 5.97 Å². The van der Waals surface area contributed by atoms with E-state index in [1.54, 1.807) is 48.5 Å². The van der Waals surface area contributed by atoms with Gasteiger partial charge in [-0.05, 0) is 6.07 Å². The maximum Gasteiger partial charge on any atom is 0.340 e. The zero-order valence-electron chi connectivity index (χ0n) is 10.5. The second-order valence-corrected chi connectivity index (χ2v) is 4.62. The number of benzene rings is 2. The first-order valence-electron chi connectivity index (χ1n) is 6.14. The fourth-order valence-electron chi connectivity index (χ4n) is 2.59. The van der Waals surface area contributed by atoms with Crippen LogP contribution in [0, 0.1) is 10.1 Å². The van der Waals surface area contributed by atoms with E-state index in [-0.39, 0.29) is 0 Å². The number of carbonyl (C=O) groups is 1. The van der Waals surface area contributed by atoms with Gasteiger partial charge in [-0.1, -0.05) is 48.5 Å². The number of esters is 1. The maximum atomic E-state index is 12.0. The zero-order chi connectivity index (χ0) is 14.2. The number of rotatable bonds is 3. The van der Waals surface area contributed by atoms with E-state index in [1.165, 1.54) is 0 Å². The lowest BCUT2D eigenvalue weighted by Crippen LogP contribution is -2.36. The highest BCUT2D eigenvalue weighted by molar-refractivity contribution is 5.95. The summed E-state index contributed by atoms with van der Waals surface area (Å²) in [6.45, 7) is -0.486. The van der Waals surface area contributed by atoms with Crippen LogP contribution in [-0.4, -0.2) is 17.4 Å². The van der Waals surface area contributed by atoms with Crippen LogP contribution in [0.5, 0.6) is 0 Å². The third kappa shape index (κ3) is 1.75. The minimum Gasteiger partial charge on any atom is -0.438 e. The zero-order valence-corrected chi connectivity index (χ0v) is 10.5. The number of fused-ring (bicyclic) bond motifs is 1. The first-order chi connectivity index (χ1) is 9.63. The Balaban J connectivity index is 2.24. The standard InChI is InChI=1S/C15H11NO4/c17-14-12-8-4-5-9-13(12)15(20-14,10-16(18)19)11-6-2-1-3-7-11/h1-9H,10H2. The molecule has 0 aliphatic carbocycles. The Morgan fingerprint density at radius 2 is 1.70 bits per heavy atom. The second-order valence-electron chi connectivity index (χ2n) is 4.62. The number of carbonyl (C=O) groups excluding carboxylic acids is 1. The highest BCUT2D eigenvalue weighted by Crippen LogP contribution is 2.41. The molecule has 1 atom stereocenters. The number of hydrogen-bond donors (Lipinski definition) is 0. The lowest BCUT2D eigenvalue weighted by Gasteiger charge is -2.25. The molecule has 3 rings (SSSR count). The van der Waals surface area contributed by atoms with Gasteiger partial charge in [0.25, 0.3) is 6.54 Å². The van der Waals surface area contributed by atoms with Gasteiger partial charge in [-0.2, -0.15) is 0 Å². The molecule has 1 heterocycles. The molecule has 5 nitrogen and oxygen atoms in total. The molecule has 5 heteroatoms. The lowest BCUT2D eigenvalue weighted by atomic mass is 9.85. The van der Waals surface area contributed by atoms with Gasteiger partial charge in [-0.25, -0.2) is 4.79 Å². The van der Waals surface area contributed by atoms with E-state index in [1.807, 2.05) is 6.07 Å². The summed E-state index contributed by atoms with van der Waals surface area (Å²) in [4.78, 5) is 22.6. The van der Waals surface area contributed by atoms with E-state index in [9.17, 15) is 14.9 Å². The third-order valence-electron chi connectivity index (χ3n) is 3.44. The molecule has 0 aromatic heterocycles. The Hall–Kier alpha value is -2.69. The van der Waals surface area contributed by atoms with Crippen LogP contribution in [0.1, 0.15) is 21.5 Å². The van der Waals surface area contributed by atoms with Crippen LogP contribution in [0.4, 0.5) is 0 Å². The molecule has 0 radical (unpaired) electrons. The molecule has 1 unspecified atom stereocenters. The monoisotopic (exact) mass is 269 g/mol. The van der Waals surface area contributed by atoms with Crippen LogP contribution in [0.25, 0.3) is 0 Å². The normalized spacial score (nSPS) is 20.3. The van der Waals surface area contributed by atoms with Gasteiger partial charge < -0.3 is 4.74 Å². The Labute approximate surface area is 115 Å². The summed E-state index contributed by atoms with van der Waals surface area (Å²) in [7, 11) is 0. The number of nitrogens with zero attached hydrogens (tertiary/aromatic N) is 1. The van der Waals surface area contributed by atoms with E-state index in [4.69, 9.17) is 4.74 Å². The highest BCUT2D eigenvalue weighted by Gasteiger charge is 2.50. The largest absolute Gasteiger partial charge is 0.438 e. The molecule has 20 heavy (non-hydrogen) atoms. The molecule has 0 spiro atoms. The summed E-state index contributed by atoms with van der Waals surface area (Å²) in [5.41, 5.74) is 0.208. The summed E-state index contributed by atoms with van der Waals surface area (Å²) in [6, 6.07) is 15.6. The SMILES string of the molecule is O=C1OC(C[N+](=O)[O-])(c2ccccc2)c2ccccc21. The summed E-state index contributed by atoms with van der Waals surface area (Å²) in [5.74, 6) is -0.522. The minimum atomic E-state index is -1.33.